The van der Waals surface area contributed by atoms with E-state index in [0.29, 0.717) is 24.2 Å². The van der Waals surface area contributed by atoms with E-state index in [9.17, 15) is 9.59 Å². The zero-order valence-electron chi connectivity index (χ0n) is 14.9. The van der Waals surface area contributed by atoms with Crippen LogP contribution in [-0.4, -0.2) is 41.1 Å². The SMILES string of the molecule is COC(=O)c1cnn(-c2ccccc2)c1CCNC(=O)OC(C)(C)C. The number of rotatable bonds is 5. The van der Waals surface area contributed by atoms with Crippen molar-refractivity contribution in [2.45, 2.75) is 32.8 Å². The number of hydrogen-bond donors (Lipinski definition) is 1. The minimum absolute atomic E-state index is 0.303. The highest BCUT2D eigenvalue weighted by Crippen LogP contribution is 2.16. The molecule has 134 valence electrons. The number of methoxy groups -OCH3 is 1. The Morgan fingerprint density at radius 1 is 1.20 bits per heavy atom. The van der Waals surface area contributed by atoms with Crippen LogP contribution in [0.15, 0.2) is 36.5 Å². The summed E-state index contributed by atoms with van der Waals surface area (Å²) in [5.74, 6) is -0.463. The maximum absolute atomic E-state index is 12.0. The lowest BCUT2D eigenvalue weighted by Gasteiger charge is -2.19. The number of ether oxygens (including phenoxy) is 2. The molecule has 0 spiro atoms. The van der Waals surface area contributed by atoms with Gasteiger partial charge >= 0.3 is 12.1 Å². The Bertz CT molecular complexity index is 733. The fourth-order valence-electron chi connectivity index (χ4n) is 2.28. The Morgan fingerprint density at radius 2 is 1.88 bits per heavy atom. The van der Waals surface area contributed by atoms with Crippen LogP contribution in [0.5, 0.6) is 0 Å². The third-order valence-electron chi connectivity index (χ3n) is 3.30. The molecule has 0 saturated heterocycles. The number of carbonyl (C=O) groups is 2. The molecule has 0 unspecified atom stereocenters. The first-order valence-corrected chi connectivity index (χ1v) is 7.99. The molecule has 0 saturated carbocycles. The standard InChI is InChI=1S/C18H23N3O4/c1-18(2,3)25-17(23)19-11-10-15-14(16(22)24-4)12-20-21(15)13-8-6-5-7-9-13/h5-9,12H,10-11H2,1-4H3,(H,19,23). The number of hydrogen-bond acceptors (Lipinski definition) is 5. The highest BCUT2D eigenvalue weighted by molar-refractivity contribution is 5.90. The molecule has 1 heterocycles. The normalized spacial score (nSPS) is 11.0. The van der Waals surface area contributed by atoms with Crippen LogP contribution in [0.1, 0.15) is 36.8 Å². The minimum Gasteiger partial charge on any atom is -0.465 e. The predicted molar refractivity (Wildman–Crippen MR) is 92.8 cm³/mol. The van der Waals surface area contributed by atoms with Gasteiger partial charge < -0.3 is 14.8 Å². The predicted octanol–water partition coefficient (Wildman–Crippen LogP) is 2.73. The zero-order valence-corrected chi connectivity index (χ0v) is 14.9. The van der Waals surface area contributed by atoms with Gasteiger partial charge in [0.15, 0.2) is 0 Å². The average molecular weight is 345 g/mol. The number of esters is 1. The largest absolute Gasteiger partial charge is 0.465 e. The van der Waals surface area contributed by atoms with Crippen LogP contribution in [0.2, 0.25) is 0 Å². The Hall–Kier alpha value is -2.83. The van der Waals surface area contributed by atoms with Gasteiger partial charge in [-0.15, -0.1) is 0 Å². The van der Waals surface area contributed by atoms with E-state index in [2.05, 4.69) is 10.4 Å². The van der Waals surface area contributed by atoms with Crippen molar-refractivity contribution >= 4 is 12.1 Å². The van der Waals surface area contributed by atoms with Gasteiger partial charge in [-0.1, -0.05) is 18.2 Å². The monoisotopic (exact) mass is 345 g/mol. The molecule has 0 aliphatic rings. The molecule has 1 aromatic heterocycles. The van der Waals surface area contributed by atoms with Crippen molar-refractivity contribution in [2.24, 2.45) is 0 Å². The van der Waals surface area contributed by atoms with E-state index in [1.165, 1.54) is 13.3 Å². The summed E-state index contributed by atoms with van der Waals surface area (Å²) in [4.78, 5) is 23.7. The van der Waals surface area contributed by atoms with Crippen molar-refractivity contribution in [3.8, 4) is 5.69 Å². The third kappa shape index (κ3) is 5.07. The number of carbonyl (C=O) groups excluding carboxylic acids is 2. The summed E-state index contributed by atoms with van der Waals surface area (Å²) in [5, 5.41) is 6.97. The van der Waals surface area contributed by atoms with Crippen molar-refractivity contribution < 1.29 is 19.1 Å². The summed E-state index contributed by atoms with van der Waals surface area (Å²) in [7, 11) is 1.32. The number of nitrogens with one attached hydrogen (secondary N) is 1. The van der Waals surface area contributed by atoms with E-state index in [0.717, 1.165) is 5.69 Å². The molecule has 0 bridgehead atoms. The first kappa shape index (κ1) is 18.5. The molecule has 0 radical (unpaired) electrons. The van der Waals surface area contributed by atoms with E-state index in [-0.39, 0.29) is 0 Å². The topological polar surface area (TPSA) is 82.5 Å². The van der Waals surface area contributed by atoms with Crippen LogP contribution < -0.4 is 5.32 Å². The molecular formula is C18H23N3O4. The second-order valence-electron chi connectivity index (χ2n) is 6.42. The fraction of sp³-hybridized carbons (Fsp3) is 0.389. The van der Waals surface area contributed by atoms with Gasteiger partial charge in [-0.2, -0.15) is 5.10 Å². The van der Waals surface area contributed by atoms with Crippen LogP contribution in [0, 0.1) is 0 Å². The highest BCUT2D eigenvalue weighted by Gasteiger charge is 2.20. The van der Waals surface area contributed by atoms with E-state index in [1.54, 1.807) is 25.5 Å². The lowest BCUT2D eigenvalue weighted by atomic mass is 10.2. The fourth-order valence-corrected chi connectivity index (χ4v) is 2.28. The molecule has 2 rings (SSSR count). The number of para-hydroxylation sites is 1. The van der Waals surface area contributed by atoms with Crippen molar-refractivity contribution in [1.82, 2.24) is 15.1 Å². The lowest BCUT2D eigenvalue weighted by Crippen LogP contribution is -2.33. The smallest absolute Gasteiger partial charge is 0.407 e. The maximum atomic E-state index is 12.0. The number of nitrogens with zero attached hydrogens (tertiary/aromatic N) is 2. The molecular weight excluding hydrogens is 322 g/mol. The summed E-state index contributed by atoms with van der Waals surface area (Å²) in [6, 6.07) is 9.45. The molecule has 7 heteroatoms. The van der Waals surface area contributed by atoms with Gasteiger partial charge in [-0.05, 0) is 32.9 Å². The Morgan fingerprint density at radius 3 is 2.48 bits per heavy atom. The van der Waals surface area contributed by atoms with Gasteiger partial charge in [0.05, 0.1) is 24.7 Å². The van der Waals surface area contributed by atoms with Gasteiger partial charge in [0, 0.05) is 13.0 Å². The summed E-state index contributed by atoms with van der Waals surface area (Å²) < 4.78 is 11.7. The van der Waals surface area contributed by atoms with Crippen LogP contribution in [0.3, 0.4) is 0 Å². The quantitative estimate of drug-likeness (QED) is 0.843. The first-order chi connectivity index (χ1) is 11.8. The minimum atomic E-state index is -0.562. The molecule has 1 N–H and O–H groups in total. The van der Waals surface area contributed by atoms with E-state index < -0.39 is 17.7 Å². The van der Waals surface area contributed by atoms with Gasteiger partial charge in [-0.3, -0.25) is 0 Å². The first-order valence-electron chi connectivity index (χ1n) is 7.99. The number of amides is 1. The summed E-state index contributed by atoms with van der Waals surface area (Å²) in [5.41, 5.74) is 1.30. The number of alkyl carbamates (subject to hydrolysis) is 1. The number of benzene rings is 1. The Balaban J connectivity index is 2.16. The Labute approximate surface area is 146 Å². The molecule has 0 aliphatic carbocycles. The highest BCUT2D eigenvalue weighted by atomic mass is 16.6. The summed E-state index contributed by atoms with van der Waals surface area (Å²) >= 11 is 0. The van der Waals surface area contributed by atoms with E-state index in [1.807, 2.05) is 30.3 Å². The second kappa shape index (κ2) is 7.83. The molecule has 1 aromatic carbocycles. The van der Waals surface area contributed by atoms with E-state index >= 15 is 0 Å². The molecule has 25 heavy (non-hydrogen) atoms. The average Bonchev–Trinajstić information content (AvgIpc) is 2.97. The summed E-state index contributed by atoms with van der Waals surface area (Å²) in [6.07, 6.45) is 1.37. The van der Waals surface area contributed by atoms with Crippen molar-refractivity contribution in [2.75, 3.05) is 13.7 Å². The molecule has 7 nitrogen and oxygen atoms in total. The van der Waals surface area contributed by atoms with Crippen LogP contribution in [-0.2, 0) is 15.9 Å². The van der Waals surface area contributed by atoms with Gasteiger partial charge in [0.1, 0.15) is 11.2 Å². The second-order valence-corrected chi connectivity index (χ2v) is 6.42. The van der Waals surface area contributed by atoms with Crippen LogP contribution in [0.4, 0.5) is 4.79 Å². The maximum Gasteiger partial charge on any atom is 0.407 e. The lowest BCUT2D eigenvalue weighted by molar-refractivity contribution is 0.0528. The summed E-state index contributed by atoms with van der Waals surface area (Å²) in [6.45, 7) is 5.70. The van der Waals surface area contributed by atoms with Crippen LogP contribution in [0.25, 0.3) is 5.69 Å². The van der Waals surface area contributed by atoms with Gasteiger partial charge in [0.25, 0.3) is 0 Å². The van der Waals surface area contributed by atoms with Crippen molar-refractivity contribution in [3.05, 3.63) is 47.8 Å². The molecule has 0 aliphatic heterocycles. The molecule has 0 atom stereocenters. The Kier molecular flexibility index (Phi) is 5.80. The van der Waals surface area contributed by atoms with E-state index in [4.69, 9.17) is 9.47 Å². The van der Waals surface area contributed by atoms with Gasteiger partial charge in [-0.25, -0.2) is 14.3 Å². The molecule has 1 amide bonds. The third-order valence-corrected chi connectivity index (χ3v) is 3.30. The zero-order chi connectivity index (χ0) is 18.4. The molecule has 0 fully saturated rings. The molecule has 2 aromatic rings. The van der Waals surface area contributed by atoms with Crippen LogP contribution >= 0.6 is 0 Å². The number of aromatic nitrogens is 2. The van der Waals surface area contributed by atoms with Crippen molar-refractivity contribution in [1.29, 1.82) is 0 Å². The van der Waals surface area contributed by atoms with Gasteiger partial charge in [0.2, 0.25) is 0 Å². The van der Waals surface area contributed by atoms with Crippen molar-refractivity contribution in [3.63, 3.8) is 0 Å².